The van der Waals surface area contributed by atoms with Gasteiger partial charge in [-0.25, -0.2) is 0 Å². The summed E-state index contributed by atoms with van der Waals surface area (Å²) in [6.07, 6.45) is 0. The highest BCUT2D eigenvalue weighted by molar-refractivity contribution is 6.06. The molecule has 138 valence electrons. The first-order valence-corrected chi connectivity index (χ1v) is 8.66. The van der Waals surface area contributed by atoms with Gasteiger partial charge in [-0.05, 0) is 50.6 Å². The number of amides is 2. The van der Waals surface area contributed by atoms with Crippen LogP contribution in [0.1, 0.15) is 43.2 Å². The molecule has 6 nitrogen and oxygen atoms in total. The standard InChI is InChI=1S/C21H22N4O2/c1-13-4-6-16(7-5-13)12-25-15(3)19(14(2)24-25)21(27)23-18-10-8-17(9-11-18)20(22)26/h4-11H,12H2,1-3H3,(H2,22,26)(H,23,27). The van der Waals surface area contributed by atoms with Crippen LogP contribution in [0.15, 0.2) is 48.5 Å². The van der Waals surface area contributed by atoms with Crippen LogP contribution in [0.5, 0.6) is 0 Å². The maximum Gasteiger partial charge on any atom is 0.259 e. The van der Waals surface area contributed by atoms with Crippen LogP contribution in [0.2, 0.25) is 0 Å². The smallest absolute Gasteiger partial charge is 0.259 e. The van der Waals surface area contributed by atoms with E-state index in [4.69, 9.17) is 5.73 Å². The topological polar surface area (TPSA) is 90.0 Å². The number of carbonyl (C=O) groups excluding carboxylic acids is 2. The van der Waals surface area contributed by atoms with E-state index in [-0.39, 0.29) is 5.91 Å². The Morgan fingerprint density at radius 3 is 2.22 bits per heavy atom. The van der Waals surface area contributed by atoms with Gasteiger partial charge >= 0.3 is 0 Å². The molecule has 0 bridgehead atoms. The van der Waals surface area contributed by atoms with Crippen LogP contribution >= 0.6 is 0 Å². The monoisotopic (exact) mass is 362 g/mol. The summed E-state index contributed by atoms with van der Waals surface area (Å²) < 4.78 is 1.84. The second kappa shape index (κ2) is 7.45. The molecule has 0 aliphatic heterocycles. The first-order chi connectivity index (χ1) is 12.8. The van der Waals surface area contributed by atoms with Crippen LogP contribution in [0, 0.1) is 20.8 Å². The van der Waals surface area contributed by atoms with Crippen LogP contribution in [-0.4, -0.2) is 21.6 Å². The maximum absolute atomic E-state index is 12.7. The average molecular weight is 362 g/mol. The third-order valence-corrected chi connectivity index (χ3v) is 4.49. The molecule has 0 unspecified atom stereocenters. The molecular formula is C21H22N4O2. The summed E-state index contributed by atoms with van der Waals surface area (Å²) in [7, 11) is 0. The number of hydrogen-bond acceptors (Lipinski definition) is 3. The molecule has 0 spiro atoms. The fourth-order valence-electron chi connectivity index (χ4n) is 2.96. The van der Waals surface area contributed by atoms with Gasteiger partial charge in [0.25, 0.3) is 5.91 Å². The lowest BCUT2D eigenvalue weighted by Crippen LogP contribution is -2.15. The van der Waals surface area contributed by atoms with Crippen molar-refractivity contribution in [1.82, 2.24) is 9.78 Å². The Morgan fingerprint density at radius 2 is 1.63 bits per heavy atom. The molecule has 0 aliphatic rings. The molecule has 0 saturated carbocycles. The normalized spacial score (nSPS) is 10.6. The minimum absolute atomic E-state index is 0.230. The highest BCUT2D eigenvalue weighted by Crippen LogP contribution is 2.18. The molecule has 0 atom stereocenters. The molecule has 3 N–H and O–H groups in total. The third-order valence-electron chi connectivity index (χ3n) is 4.49. The molecule has 0 aliphatic carbocycles. The molecule has 0 saturated heterocycles. The molecule has 6 heteroatoms. The summed E-state index contributed by atoms with van der Waals surface area (Å²) in [5, 5.41) is 7.37. The number of rotatable bonds is 5. The van der Waals surface area contributed by atoms with Gasteiger partial charge in [-0.2, -0.15) is 5.10 Å². The molecule has 1 aromatic heterocycles. The van der Waals surface area contributed by atoms with Crippen LogP contribution in [-0.2, 0) is 6.54 Å². The highest BCUT2D eigenvalue weighted by Gasteiger charge is 2.19. The van der Waals surface area contributed by atoms with Gasteiger partial charge in [-0.15, -0.1) is 0 Å². The van der Waals surface area contributed by atoms with E-state index in [1.165, 1.54) is 5.56 Å². The van der Waals surface area contributed by atoms with E-state index in [9.17, 15) is 9.59 Å². The van der Waals surface area contributed by atoms with Gasteiger partial charge in [0.2, 0.25) is 5.91 Å². The van der Waals surface area contributed by atoms with Gasteiger partial charge in [0.1, 0.15) is 0 Å². The molecule has 0 radical (unpaired) electrons. The SMILES string of the molecule is Cc1ccc(Cn2nc(C)c(C(=O)Nc3ccc(C(N)=O)cc3)c2C)cc1. The number of aromatic nitrogens is 2. The molecule has 27 heavy (non-hydrogen) atoms. The van der Waals surface area contributed by atoms with Crippen molar-refractivity contribution in [3.8, 4) is 0 Å². The summed E-state index contributed by atoms with van der Waals surface area (Å²) in [6, 6.07) is 14.7. The average Bonchev–Trinajstić information content (AvgIpc) is 2.91. The summed E-state index contributed by atoms with van der Waals surface area (Å²) in [5.41, 5.74) is 10.6. The van der Waals surface area contributed by atoms with E-state index >= 15 is 0 Å². The number of hydrogen-bond donors (Lipinski definition) is 2. The number of nitrogens with two attached hydrogens (primary N) is 1. The molecule has 2 aromatic carbocycles. The van der Waals surface area contributed by atoms with Crippen molar-refractivity contribution < 1.29 is 9.59 Å². The Bertz CT molecular complexity index is 986. The van der Waals surface area contributed by atoms with Crippen LogP contribution in [0.25, 0.3) is 0 Å². The van der Waals surface area contributed by atoms with E-state index < -0.39 is 5.91 Å². The van der Waals surface area contributed by atoms with Crippen LogP contribution in [0.3, 0.4) is 0 Å². The Labute approximate surface area is 158 Å². The Kier molecular flexibility index (Phi) is 5.07. The molecule has 2 amide bonds. The lowest BCUT2D eigenvalue weighted by molar-refractivity contribution is 0.0998. The van der Waals surface area contributed by atoms with Crippen molar-refractivity contribution in [2.75, 3.05) is 5.32 Å². The van der Waals surface area contributed by atoms with Crippen LogP contribution < -0.4 is 11.1 Å². The van der Waals surface area contributed by atoms with E-state index in [0.29, 0.717) is 29.1 Å². The summed E-state index contributed by atoms with van der Waals surface area (Å²) >= 11 is 0. The number of carbonyl (C=O) groups is 2. The quantitative estimate of drug-likeness (QED) is 0.730. The van der Waals surface area contributed by atoms with Crippen molar-refractivity contribution in [3.05, 3.63) is 82.2 Å². The number of benzene rings is 2. The van der Waals surface area contributed by atoms with Gasteiger partial charge in [0.05, 0.1) is 17.8 Å². The van der Waals surface area contributed by atoms with Crippen molar-refractivity contribution >= 4 is 17.5 Å². The zero-order valence-corrected chi connectivity index (χ0v) is 15.6. The first kappa shape index (κ1) is 18.4. The number of nitrogens with zero attached hydrogens (tertiary/aromatic N) is 2. The second-order valence-corrected chi connectivity index (χ2v) is 6.58. The zero-order chi connectivity index (χ0) is 19.6. The van der Waals surface area contributed by atoms with Gasteiger partial charge in [-0.1, -0.05) is 29.8 Å². The van der Waals surface area contributed by atoms with Crippen molar-refractivity contribution in [3.63, 3.8) is 0 Å². The van der Waals surface area contributed by atoms with Crippen molar-refractivity contribution in [2.24, 2.45) is 5.73 Å². The summed E-state index contributed by atoms with van der Waals surface area (Å²) in [4.78, 5) is 23.9. The second-order valence-electron chi connectivity index (χ2n) is 6.58. The lowest BCUT2D eigenvalue weighted by Gasteiger charge is -2.08. The van der Waals surface area contributed by atoms with Crippen molar-refractivity contribution in [2.45, 2.75) is 27.3 Å². The van der Waals surface area contributed by atoms with E-state index in [1.807, 2.05) is 25.5 Å². The highest BCUT2D eigenvalue weighted by atomic mass is 16.2. The summed E-state index contributed by atoms with van der Waals surface area (Å²) in [5.74, 6) is -0.732. The zero-order valence-electron chi connectivity index (χ0n) is 15.6. The predicted octanol–water partition coefficient (Wildman–Crippen LogP) is 3.21. The fraction of sp³-hybridized carbons (Fsp3) is 0.190. The number of primary amides is 1. The Balaban J connectivity index is 1.79. The molecule has 1 heterocycles. The minimum Gasteiger partial charge on any atom is -0.366 e. The molecular weight excluding hydrogens is 340 g/mol. The number of anilines is 1. The Hall–Kier alpha value is -3.41. The van der Waals surface area contributed by atoms with E-state index in [1.54, 1.807) is 24.3 Å². The summed E-state index contributed by atoms with van der Waals surface area (Å²) in [6.45, 7) is 6.36. The lowest BCUT2D eigenvalue weighted by atomic mass is 10.1. The predicted molar refractivity (Wildman–Crippen MR) is 105 cm³/mol. The molecule has 3 rings (SSSR count). The third kappa shape index (κ3) is 4.06. The Morgan fingerprint density at radius 1 is 1.00 bits per heavy atom. The number of aryl methyl sites for hydroxylation is 2. The van der Waals surface area contributed by atoms with Gasteiger partial charge in [0.15, 0.2) is 0 Å². The van der Waals surface area contributed by atoms with Gasteiger partial charge in [0, 0.05) is 16.9 Å². The maximum atomic E-state index is 12.7. The molecule has 0 fully saturated rings. The largest absolute Gasteiger partial charge is 0.366 e. The van der Waals surface area contributed by atoms with Gasteiger partial charge < -0.3 is 11.1 Å². The van der Waals surface area contributed by atoms with E-state index in [0.717, 1.165) is 11.3 Å². The number of nitrogens with one attached hydrogen (secondary N) is 1. The van der Waals surface area contributed by atoms with Crippen LogP contribution in [0.4, 0.5) is 5.69 Å². The van der Waals surface area contributed by atoms with Gasteiger partial charge in [-0.3, -0.25) is 14.3 Å². The minimum atomic E-state index is -0.503. The fourth-order valence-corrected chi connectivity index (χ4v) is 2.96. The van der Waals surface area contributed by atoms with E-state index in [2.05, 4.69) is 34.7 Å². The first-order valence-electron chi connectivity index (χ1n) is 8.66. The molecule has 3 aromatic rings. The van der Waals surface area contributed by atoms with Crippen molar-refractivity contribution in [1.29, 1.82) is 0 Å².